The summed E-state index contributed by atoms with van der Waals surface area (Å²) in [5.41, 5.74) is 2.41. The van der Waals surface area contributed by atoms with Crippen LogP contribution in [-0.2, 0) is 11.2 Å². The van der Waals surface area contributed by atoms with Crippen molar-refractivity contribution in [3.8, 4) is 11.8 Å². The molecule has 0 bridgehead atoms. The summed E-state index contributed by atoms with van der Waals surface area (Å²) < 4.78 is 5.34. The van der Waals surface area contributed by atoms with E-state index in [0.717, 1.165) is 16.5 Å². The first-order valence-corrected chi connectivity index (χ1v) is 7.28. The molecule has 0 aliphatic heterocycles. The number of nitriles is 1. The number of amides is 1. The lowest BCUT2D eigenvalue weighted by atomic mass is 10.1. The summed E-state index contributed by atoms with van der Waals surface area (Å²) in [6.45, 7) is 0. The van der Waals surface area contributed by atoms with E-state index < -0.39 is 0 Å². The van der Waals surface area contributed by atoms with E-state index in [1.807, 2.05) is 24.3 Å². The Morgan fingerprint density at radius 3 is 2.83 bits per heavy atom. The Labute approximate surface area is 138 Å². The van der Waals surface area contributed by atoms with Crippen LogP contribution in [0.1, 0.15) is 11.3 Å². The number of ether oxygens (including phenoxy) is 1. The summed E-state index contributed by atoms with van der Waals surface area (Å²) in [6.07, 6.45) is 3.38. The number of methoxy groups -OCH3 is 1. The molecular formula is C18H14N4O2. The third-order valence-corrected chi connectivity index (χ3v) is 3.54. The van der Waals surface area contributed by atoms with Crippen molar-refractivity contribution in [3.05, 3.63) is 60.0 Å². The molecule has 1 aromatic carbocycles. The fourth-order valence-electron chi connectivity index (χ4n) is 2.40. The lowest BCUT2D eigenvalue weighted by Crippen LogP contribution is -2.15. The van der Waals surface area contributed by atoms with E-state index in [1.165, 1.54) is 6.20 Å². The van der Waals surface area contributed by atoms with Crippen LogP contribution in [0.15, 0.2) is 48.8 Å². The van der Waals surface area contributed by atoms with Crippen molar-refractivity contribution in [2.24, 2.45) is 0 Å². The number of aromatic nitrogens is 2. The van der Waals surface area contributed by atoms with Gasteiger partial charge in [-0.1, -0.05) is 6.07 Å². The molecule has 0 atom stereocenters. The standard InChI is InChI=1S/C18H14N4O2/c1-24-16-7-6-15-14(3-2-8-20-15)18(16)22-17(23)9-12-4-5-13(10-19)21-11-12/h2-8,11H,9H2,1H3,(H,22,23). The molecule has 6 nitrogen and oxygen atoms in total. The van der Waals surface area contributed by atoms with Gasteiger partial charge in [0.1, 0.15) is 17.5 Å². The molecule has 0 saturated heterocycles. The maximum absolute atomic E-state index is 12.4. The number of rotatable bonds is 4. The average Bonchev–Trinajstić information content (AvgIpc) is 2.62. The van der Waals surface area contributed by atoms with Gasteiger partial charge in [-0.05, 0) is 35.9 Å². The van der Waals surface area contributed by atoms with Gasteiger partial charge >= 0.3 is 0 Å². The van der Waals surface area contributed by atoms with E-state index in [9.17, 15) is 4.79 Å². The molecule has 0 aliphatic rings. The van der Waals surface area contributed by atoms with Crippen molar-refractivity contribution in [2.75, 3.05) is 12.4 Å². The first-order chi connectivity index (χ1) is 11.7. The maximum atomic E-state index is 12.4. The Morgan fingerprint density at radius 1 is 1.25 bits per heavy atom. The Bertz CT molecular complexity index is 930. The van der Waals surface area contributed by atoms with Gasteiger partial charge in [-0.2, -0.15) is 5.26 Å². The molecule has 118 valence electrons. The van der Waals surface area contributed by atoms with Crippen molar-refractivity contribution < 1.29 is 9.53 Å². The van der Waals surface area contributed by atoms with Gasteiger partial charge in [0.25, 0.3) is 0 Å². The highest BCUT2D eigenvalue weighted by Crippen LogP contribution is 2.32. The van der Waals surface area contributed by atoms with Crippen LogP contribution in [0.3, 0.4) is 0 Å². The van der Waals surface area contributed by atoms with Gasteiger partial charge in [-0.3, -0.25) is 9.78 Å². The zero-order chi connectivity index (χ0) is 16.9. The molecule has 0 spiro atoms. The molecule has 2 heterocycles. The topological polar surface area (TPSA) is 87.9 Å². The Hall–Kier alpha value is -3.46. The van der Waals surface area contributed by atoms with Crippen molar-refractivity contribution in [1.82, 2.24) is 9.97 Å². The Morgan fingerprint density at radius 2 is 2.12 bits per heavy atom. The predicted octanol–water partition coefficient (Wildman–Crippen LogP) is 2.69. The van der Waals surface area contributed by atoms with Crippen molar-refractivity contribution in [1.29, 1.82) is 5.26 Å². The molecule has 1 amide bonds. The highest BCUT2D eigenvalue weighted by atomic mass is 16.5. The molecule has 24 heavy (non-hydrogen) atoms. The lowest BCUT2D eigenvalue weighted by Gasteiger charge is -2.13. The molecule has 3 aromatic rings. The van der Waals surface area contributed by atoms with Gasteiger partial charge in [-0.15, -0.1) is 0 Å². The van der Waals surface area contributed by atoms with Crippen LogP contribution in [0.2, 0.25) is 0 Å². The molecule has 0 fully saturated rings. The Balaban J connectivity index is 1.85. The number of fused-ring (bicyclic) bond motifs is 1. The number of benzene rings is 1. The van der Waals surface area contributed by atoms with Gasteiger partial charge < -0.3 is 10.1 Å². The fraction of sp³-hybridized carbons (Fsp3) is 0.111. The molecular weight excluding hydrogens is 304 g/mol. The molecule has 3 rings (SSSR count). The maximum Gasteiger partial charge on any atom is 0.228 e. The summed E-state index contributed by atoms with van der Waals surface area (Å²) in [5, 5.41) is 12.4. The summed E-state index contributed by atoms with van der Waals surface area (Å²) in [5.74, 6) is 0.373. The van der Waals surface area contributed by atoms with Crippen LogP contribution in [0.5, 0.6) is 5.75 Å². The highest BCUT2D eigenvalue weighted by Gasteiger charge is 2.12. The predicted molar refractivity (Wildman–Crippen MR) is 89.6 cm³/mol. The summed E-state index contributed by atoms with van der Waals surface area (Å²) in [7, 11) is 1.55. The molecule has 6 heteroatoms. The average molecular weight is 318 g/mol. The fourth-order valence-corrected chi connectivity index (χ4v) is 2.40. The quantitative estimate of drug-likeness (QED) is 0.799. The lowest BCUT2D eigenvalue weighted by molar-refractivity contribution is -0.115. The zero-order valence-corrected chi connectivity index (χ0v) is 13.0. The summed E-state index contributed by atoms with van der Waals surface area (Å²) in [6, 6.07) is 12.6. The van der Waals surface area contributed by atoms with Crippen LogP contribution < -0.4 is 10.1 Å². The van der Waals surface area contributed by atoms with Crippen LogP contribution in [-0.4, -0.2) is 23.0 Å². The monoisotopic (exact) mass is 318 g/mol. The number of carbonyl (C=O) groups excluding carboxylic acids is 1. The minimum Gasteiger partial charge on any atom is -0.495 e. The van der Waals surface area contributed by atoms with Crippen molar-refractivity contribution >= 4 is 22.5 Å². The van der Waals surface area contributed by atoms with Crippen molar-refractivity contribution in [2.45, 2.75) is 6.42 Å². The minimum absolute atomic E-state index is 0.151. The number of hydrogen-bond acceptors (Lipinski definition) is 5. The number of anilines is 1. The number of pyridine rings is 2. The van der Waals surface area contributed by atoms with Crippen LogP contribution in [0, 0.1) is 11.3 Å². The number of nitrogens with zero attached hydrogens (tertiary/aromatic N) is 3. The third-order valence-electron chi connectivity index (χ3n) is 3.54. The van der Waals surface area contributed by atoms with Gasteiger partial charge in [0.05, 0.1) is 24.7 Å². The third kappa shape index (κ3) is 3.15. The number of nitrogens with one attached hydrogen (secondary N) is 1. The molecule has 0 saturated carbocycles. The smallest absolute Gasteiger partial charge is 0.228 e. The van der Waals surface area contributed by atoms with E-state index >= 15 is 0 Å². The molecule has 1 N–H and O–H groups in total. The number of hydrogen-bond donors (Lipinski definition) is 1. The van der Waals surface area contributed by atoms with E-state index in [1.54, 1.807) is 31.5 Å². The Kier molecular flexibility index (Phi) is 4.34. The van der Waals surface area contributed by atoms with Crippen LogP contribution in [0.25, 0.3) is 10.9 Å². The van der Waals surface area contributed by atoms with E-state index in [-0.39, 0.29) is 12.3 Å². The van der Waals surface area contributed by atoms with Gasteiger partial charge in [-0.25, -0.2) is 4.98 Å². The molecule has 0 aliphatic carbocycles. The van der Waals surface area contributed by atoms with Gasteiger partial charge in [0.2, 0.25) is 5.91 Å². The largest absolute Gasteiger partial charge is 0.495 e. The van der Waals surface area contributed by atoms with Crippen molar-refractivity contribution in [3.63, 3.8) is 0 Å². The van der Waals surface area contributed by atoms with Crippen LogP contribution in [0.4, 0.5) is 5.69 Å². The minimum atomic E-state index is -0.198. The molecule has 0 unspecified atom stereocenters. The van der Waals surface area contributed by atoms with Crippen LogP contribution >= 0.6 is 0 Å². The molecule has 2 aromatic heterocycles. The van der Waals surface area contributed by atoms with Gasteiger partial charge in [0.15, 0.2) is 0 Å². The second-order valence-corrected chi connectivity index (χ2v) is 5.10. The second kappa shape index (κ2) is 6.75. The van der Waals surface area contributed by atoms with Gasteiger partial charge in [0, 0.05) is 17.8 Å². The van der Waals surface area contributed by atoms with E-state index in [4.69, 9.17) is 10.00 Å². The summed E-state index contributed by atoms with van der Waals surface area (Å²) >= 11 is 0. The molecule has 0 radical (unpaired) electrons. The highest BCUT2D eigenvalue weighted by molar-refractivity contribution is 6.04. The van der Waals surface area contributed by atoms with E-state index in [2.05, 4.69) is 15.3 Å². The first-order valence-electron chi connectivity index (χ1n) is 7.28. The summed E-state index contributed by atoms with van der Waals surface area (Å²) in [4.78, 5) is 20.6. The SMILES string of the molecule is COc1ccc2ncccc2c1NC(=O)Cc1ccc(C#N)nc1. The number of carbonyl (C=O) groups is 1. The normalized spacial score (nSPS) is 10.2. The van der Waals surface area contributed by atoms with E-state index in [0.29, 0.717) is 17.1 Å². The second-order valence-electron chi connectivity index (χ2n) is 5.10. The first kappa shape index (κ1) is 15.4. The zero-order valence-electron chi connectivity index (χ0n) is 13.0.